The van der Waals surface area contributed by atoms with Crippen molar-refractivity contribution in [3.63, 3.8) is 0 Å². The van der Waals surface area contributed by atoms with Gasteiger partial charge in [0.1, 0.15) is 0 Å². The zero-order valence-corrected chi connectivity index (χ0v) is 8.98. The van der Waals surface area contributed by atoms with Crippen molar-refractivity contribution >= 4 is 27.6 Å². The van der Waals surface area contributed by atoms with Crippen LogP contribution < -0.4 is 0 Å². The van der Waals surface area contributed by atoms with Crippen molar-refractivity contribution < 1.29 is 9.18 Å². The van der Waals surface area contributed by atoms with Gasteiger partial charge in [0.15, 0.2) is 0 Å². The molecule has 3 aromatic rings. The second kappa shape index (κ2) is 3.67. The lowest BCUT2D eigenvalue weighted by Crippen LogP contribution is -1.89. The van der Waals surface area contributed by atoms with Gasteiger partial charge in [0.05, 0.1) is 5.56 Å². The van der Waals surface area contributed by atoms with Crippen molar-refractivity contribution in [3.05, 3.63) is 60.2 Å². The molecule has 0 radical (unpaired) electrons. The molecule has 0 heterocycles. The molecule has 0 saturated carbocycles. The fourth-order valence-electron chi connectivity index (χ4n) is 2.12. The Morgan fingerprint density at radius 1 is 0.824 bits per heavy atom. The van der Waals surface area contributed by atoms with E-state index in [-0.39, 0.29) is 5.56 Å². The van der Waals surface area contributed by atoms with Crippen LogP contribution in [0, 0.1) is 0 Å². The molecule has 0 N–H and O–H groups in total. The maximum atomic E-state index is 12.7. The normalized spacial score (nSPS) is 10.9. The molecule has 0 amide bonds. The van der Waals surface area contributed by atoms with Crippen molar-refractivity contribution in [2.24, 2.45) is 0 Å². The van der Waals surface area contributed by atoms with Crippen LogP contribution in [0.1, 0.15) is 10.4 Å². The Morgan fingerprint density at radius 3 is 2.24 bits per heavy atom. The fourth-order valence-corrected chi connectivity index (χ4v) is 2.12. The Bertz CT molecular complexity index is 731. The molecule has 3 rings (SSSR count). The zero-order valence-electron chi connectivity index (χ0n) is 8.98. The third-order valence-corrected chi connectivity index (χ3v) is 2.97. The quantitative estimate of drug-likeness (QED) is 0.449. The SMILES string of the molecule is O=C(F)c1ccc2ccc3ccccc3c2c1. The van der Waals surface area contributed by atoms with Gasteiger partial charge in [0.2, 0.25) is 0 Å². The van der Waals surface area contributed by atoms with Gasteiger partial charge in [0, 0.05) is 0 Å². The summed E-state index contributed by atoms with van der Waals surface area (Å²) in [5.41, 5.74) is 0.105. The van der Waals surface area contributed by atoms with Crippen LogP contribution in [0.25, 0.3) is 21.5 Å². The number of halogens is 1. The zero-order chi connectivity index (χ0) is 11.8. The second-order valence-corrected chi connectivity index (χ2v) is 4.00. The van der Waals surface area contributed by atoms with Gasteiger partial charge in [-0.3, -0.25) is 4.79 Å². The molecule has 0 atom stereocenters. The van der Waals surface area contributed by atoms with E-state index in [9.17, 15) is 9.18 Å². The van der Waals surface area contributed by atoms with Crippen LogP contribution in [-0.2, 0) is 0 Å². The molecule has 0 aliphatic rings. The van der Waals surface area contributed by atoms with Crippen molar-refractivity contribution in [2.45, 2.75) is 0 Å². The molecule has 0 spiro atoms. The molecule has 0 saturated heterocycles. The van der Waals surface area contributed by atoms with E-state index < -0.39 is 6.04 Å². The minimum Gasteiger partial charge on any atom is -0.255 e. The number of carbonyl (C=O) groups excluding carboxylic acids is 1. The van der Waals surface area contributed by atoms with E-state index in [1.165, 1.54) is 6.07 Å². The van der Waals surface area contributed by atoms with Gasteiger partial charge in [-0.15, -0.1) is 0 Å². The van der Waals surface area contributed by atoms with E-state index in [0.717, 1.165) is 21.5 Å². The van der Waals surface area contributed by atoms with Gasteiger partial charge in [-0.2, -0.15) is 4.39 Å². The predicted molar refractivity (Wildman–Crippen MR) is 66.9 cm³/mol. The number of benzene rings is 3. The number of fused-ring (bicyclic) bond motifs is 3. The molecule has 0 bridgehead atoms. The van der Waals surface area contributed by atoms with E-state index >= 15 is 0 Å². The minimum absolute atomic E-state index is 0.105. The van der Waals surface area contributed by atoms with Gasteiger partial charge < -0.3 is 0 Å². The second-order valence-electron chi connectivity index (χ2n) is 4.00. The standard InChI is InChI=1S/C15H9FO/c16-15(17)12-8-7-11-6-5-10-3-1-2-4-13(10)14(11)9-12/h1-9H. The number of hydrogen-bond acceptors (Lipinski definition) is 1. The number of hydrogen-bond donors (Lipinski definition) is 0. The van der Waals surface area contributed by atoms with Gasteiger partial charge in [-0.05, 0) is 33.7 Å². The molecule has 82 valence electrons. The average molecular weight is 224 g/mol. The Hall–Kier alpha value is -2.22. The highest BCUT2D eigenvalue weighted by atomic mass is 19.1. The molecular formula is C15H9FO. The third-order valence-electron chi connectivity index (χ3n) is 2.97. The highest BCUT2D eigenvalue weighted by Gasteiger charge is 2.06. The summed E-state index contributed by atoms with van der Waals surface area (Å²) in [5.74, 6) is 0. The first-order valence-electron chi connectivity index (χ1n) is 5.37. The Morgan fingerprint density at radius 2 is 1.47 bits per heavy atom. The van der Waals surface area contributed by atoms with E-state index in [2.05, 4.69) is 0 Å². The summed E-state index contributed by atoms with van der Waals surface area (Å²) in [6.45, 7) is 0. The van der Waals surface area contributed by atoms with E-state index in [4.69, 9.17) is 0 Å². The highest BCUT2D eigenvalue weighted by Crippen LogP contribution is 2.26. The lowest BCUT2D eigenvalue weighted by atomic mass is 10.0. The van der Waals surface area contributed by atoms with Crippen LogP contribution in [0.5, 0.6) is 0 Å². The van der Waals surface area contributed by atoms with Crippen molar-refractivity contribution in [2.75, 3.05) is 0 Å². The lowest BCUT2D eigenvalue weighted by molar-refractivity contribution is 0.0836. The van der Waals surface area contributed by atoms with Gasteiger partial charge >= 0.3 is 6.04 Å². The molecule has 0 aromatic heterocycles. The summed E-state index contributed by atoms with van der Waals surface area (Å²) in [6, 6.07) is 15.4. The molecule has 17 heavy (non-hydrogen) atoms. The minimum atomic E-state index is -1.39. The van der Waals surface area contributed by atoms with Crippen molar-refractivity contribution in [3.8, 4) is 0 Å². The van der Waals surface area contributed by atoms with Gasteiger partial charge in [0.25, 0.3) is 0 Å². The lowest BCUT2D eigenvalue weighted by Gasteiger charge is -2.04. The Balaban J connectivity index is 2.46. The fraction of sp³-hybridized carbons (Fsp3) is 0. The molecule has 0 aliphatic heterocycles. The Kier molecular flexibility index (Phi) is 2.15. The first kappa shape index (κ1) is 9.97. The Labute approximate surface area is 97.5 Å². The van der Waals surface area contributed by atoms with Crippen molar-refractivity contribution in [1.82, 2.24) is 0 Å². The highest BCUT2D eigenvalue weighted by molar-refractivity contribution is 6.09. The smallest absolute Gasteiger partial charge is 0.255 e. The van der Waals surface area contributed by atoms with Gasteiger partial charge in [-0.25, -0.2) is 0 Å². The molecule has 0 unspecified atom stereocenters. The van der Waals surface area contributed by atoms with Crippen molar-refractivity contribution in [1.29, 1.82) is 0 Å². The maximum absolute atomic E-state index is 12.7. The van der Waals surface area contributed by atoms with Crippen LogP contribution >= 0.6 is 0 Å². The molecule has 0 aliphatic carbocycles. The summed E-state index contributed by atoms with van der Waals surface area (Å²) in [6.07, 6.45) is 0. The monoisotopic (exact) mass is 224 g/mol. The number of rotatable bonds is 1. The first-order chi connectivity index (χ1) is 8.25. The summed E-state index contributed by atoms with van der Waals surface area (Å²) >= 11 is 0. The number of carbonyl (C=O) groups is 1. The largest absolute Gasteiger partial charge is 0.332 e. The molecular weight excluding hydrogens is 215 g/mol. The summed E-state index contributed by atoms with van der Waals surface area (Å²) in [5, 5.41) is 4.04. The maximum Gasteiger partial charge on any atom is 0.332 e. The third kappa shape index (κ3) is 1.58. The van der Waals surface area contributed by atoms with Crippen LogP contribution in [-0.4, -0.2) is 6.04 Å². The van der Waals surface area contributed by atoms with Crippen LogP contribution in [0.15, 0.2) is 54.6 Å². The molecule has 2 heteroatoms. The average Bonchev–Trinajstić information content (AvgIpc) is 2.38. The van der Waals surface area contributed by atoms with E-state index in [0.29, 0.717) is 0 Å². The first-order valence-corrected chi connectivity index (χ1v) is 5.37. The predicted octanol–water partition coefficient (Wildman–Crippen LogP) is 4.10. The van der Waals surface area contributed by atoms with E-state index in [1.54, 1.807) is 12.1 Å². The molecule has 1 nitrogen and oxygen atoms in total. The summed E-state index contributed by atoms with van der Waals surface area (Å²) in [4.78, 5) is 10.8. The van der Waals surface area contributed by atoms with E-state index in [1.807, 2.05) is 36.4 Å². The summed E-state index contributed by atoms with van der Waals surface area (Å²) in [7, 11) is 0. The van der Waals surface area contributed by atoms with Crippen LogP contribution in [0.4, 0.5) is 4.39 Å². The topological polar surface area (TPSA) is 17.1 Å². The van der Waals surface area contributed by atoms with Crippen LogP contribution in [0.2, 0.25) is 0 Å². The molecule has 0 fully saturated rings. The molecule has 3 aromatic carbocycles. The van der Waals surface area contributed by atoms with Gasteiger partial charge in [-0.1, -0.05) is 42.5 Å². The summed E-state index contributed by atoms with van der Waals surface area (Å²) < 4.78 is 12.7. The van der Waals surface area contributed by atoms with Crippen LogP contribution in [0.3, 0.4) is 0 Å².